The summed E-state index contributed by atoms with van der Waals surface area (Å²) in [5.74, 6) is 0.725. The van der Waals surface area contributed by atoms with E-state index in [1.54, 1.807) is 0 Å². The van der Waals surface area contributed by atoms with Crippen molar-refractivity contribution in [2.24, 2.45) is 16.7 Å². The molecule has 2 heteroatoms. The predicted molar refractivity (Wildman–Crippen MR) is 81.2 cm³/mol. The van der Waals surface area contributed by atoms with Crippen LogP contribution < -0.4 is 5.32 Å². The molecule has 2 nitrogen and oxygen atoms in total. The Bertz CT molecular complexity index is 417. The molecule has 0 radical (unpaired) electrons. The zero-order valence-corrected chi connectivity index (χ0v) is 13.2. The quantitative estimate of drug-likeness (QED) is 0.875. The van der Waals surface area contributed by atoms with Crippen LogP contribution in [0.25, 0.3) is 0 Å². The minimum absolute atomic E-state index is 0.421. The van der Waals surface area contributed by atoms with Gasteiger partial charge in [-0.3, -0.25) is 4.98 Å². The second-order valence-electron chi connectivity index (χ2n) is 7.12. The summed E-state index contributed by atoms with van der Waals surface area (Å²) in [7, 11) is 0. The van der Waals surface area contributed by atoms with E-state index in [9.17, 15) is 0 Å². The lowest BCUT2D eigenvalue weighted by molar-refractivity contribution is 0.400. The molecule has 1 heterocycles. The van der Waals surface area contributed by atoms with E-state index in [2.05, 4.69) is 64.0 Å². The van der Waals surface area contributed by atoms with Crippen LogP contribution >= 0.6 is 0 Å². The number of likely N-dealkylation sites (N-methyl/N-ethyl adjacent to an activating group) is 1. The Morgan fingerprint density at radius 3 is 2.26 bits per heavy atom. The molecule has 1 saturated carbocycles. The lowest BCUT2D eigenvalue weighted by Crippen LogP contribution is -2.35. The predicted octanol–water partition coefficient (Wildman–Crippen LogP) is 3.59. The first-order valence-corrected chi connectivity index (χ1v) is 7.45. The maximum atomic E-state index is 4.57. The van der Waals surface area contributed by atoms with Crippen molar-refractivity contribution >= 4 is 0 Å². The molecule has 0 aromatic carbocycles. The molecule has 1 aliphatic rings. The van der Waals surface area contributed by atoms with Crippen LogP contribution in [0, 0.1) is 23.7 Å². The van der Waals surface area contributed by atoms with Gasteiger partial charge in [0.15, 0.2) is 0 Å². The Morgan fingerprint density at radius 2 is 1.84 bits per heavy atom. The molecule has 0 spiro atoms. The molecule has 106 valence electrons. The zero-order chi connectivity index (χ0) is 14.3. The third-order valence-electron chi connectivity index (χ3n) is 5.40. The molecule has 1 aromatic heterocycles. The first-order chi connectivity index (χ1) is 8.80. The van der Waals surface area contributed by atoms with E-state index < -0.39 is 0 Å². The van der Waals surface area contributed by atoms with Crippen LogP contribution in [0.15, 0.2) is 18.3 Å². The molecule has 1 unspecified atom stereocenters. The number of pyridine rings is 1. The Balaban J connectivity index is 2.12. The van der Waals surface area contributed by atoms with Crippen LogP contribution in [-0.4, -0.2) is 17.6 Å². The van der Waals surface area contributed by atoms with E-state index in [-0.39, 0.29) is 0 Å². The minimum Gasteiger partial charge on any atom is -0.314 e. The van der Waals surface area contributed by atoms with E-state index in [1.807, 2.05) is 6.20 Å². The largest absolute Gasteiger partial charge is 0.314 e. The third kappa shape index (κ3) is 2.55. The number of nitrogens with zero attached hydrogens (tertiary/aromatic N) is 1. The highest BCUT2D eigenvalue weighted by Gasteiger charge is 2.66. The van der Waals surface area contributed by atoms with Gasteiger partial charge in [-0.25, -0.2) is 0 Å². The molecule has 1 atom stereocenters. The minimum atomic E-state index is 0.421. The van der Waals surface area contributed by atoms with Gasteiger partial charge in [-0.05, 0) is 41.8 Å². The molecule has 1 aliphatic carbocycles. The highest BCUT2D eigenvalue weighted by molar-refractivity contribution is 5.20. The topological polar surface area (TPSA) is 24.9 Å². The van der Waals surface area contributed by atoms with Gasteiger partial charge in [0.1, 0.15) is 0 Å². The standard InChI is InChI=1S/C17H28N2/c1-7-18-14(15-16(3,4)17(15,5)6)10-13-9-8-12(2)11-19-13/h8-9,11,14-15,18H,7,10H2,1-6H3. The van der Waals surface area contributed by atoms with Crippen LogP contribution in [0.4, 0.5) is 0 Å². The van der Waals surface area contributed by atoms with Crippen molar-refractivity contribution in [2.45, 2.75) is 54.0 Å². The van der Waals surface area contributed by atoms with Gasteiger partial charge in [0.2, 0.25) is 0 Å². The fraction of sp³-hybridized carbons (Fsp3) is 0.706. The van der Waals surface area contributed by atoms with Crippen molar-refractivity contribution in [3.8, 4) is 0 Å². The van der Waals surface area contributed by atoms with Crippen LogP contribution in [0.1, 0.15) is 45.9 Å². The fourth-order valence-electron chi connectivity index (χ4n) is 3.67. The third-order valence-corrected chi connectivity index (χ3v) is 5.40. The van der Waals surface area contributed by atoms with Crippen LogP contribution in [0.3, 0.4) is 0 Å². The molecular formula is C17H28N2. The second-order valence-corrected chi connectivity index (χ2v) is 7.12. The Hall–Kier alpha value is -0.890. The molecule has 0 amide bonds. The van der Waals surface area contributed by atoms with Gasteiger partial charge < -0.3 is 5.32 Å². The van der Waals surface area contributed by atoms with E-state index in [1.165, 1.54) is 11.3 Å². The average molecular weight is 260 g/mol. The van der Waals surface area contributed by atoms with Gasteiger partial charge in [0, 0.05) is 24.4 Å². The molecule has 1 N–H and O–H groups in total. The lowest BCUT2D eigenvalue weighted by Gasteiger charge is -2.20. The smallest absolute Gasteiger partial charge is 0.0419 e. The summed E-state index contributed by atoms with van der Waals surface area (Å²) >= 11 is 0. The van der Waals surface area contributed by atoms with Crippen molar-refractivity contribution in [3.63, 3.8) is 0 Å². The van der Waals surface area contributed by atoms with Crippen LogP contribution in [-0.2, 0) is 6.42 Å². The van der Waals surface area contributed by atoms with E-state index in [0.717, 1.165) is 18.9 Å². The maximum absolute atomic E-state index is 4.57. The van der Waals surface area contributed by atoms with Gasteiger partial charge in [-0.2, -0.15) is 0 Å². The van der Waals surface area contributed by atoms with Gasteiger partial charge in [-0.15, -0.1) is 0 Å². The Morgan fingerprint density at radius 1 is 1.21 bits per heavy atom. The van der Waals surface area contributed by atoms with Gasteiger partial charge >= 0.3 is 0 Å². The summed E-state index contributed by atoms with van der Waals surface area (Å²) < 4.78 is 0. The Kier molecular flexibility index (Phi) is 3.74. The van der Waals surface area contributed by atoms with Crippen molar-refractivity contribution < 1.29 is 0 Å². The zero-order valence-electron chi connectivity index (χ0n) is 13.2. The van der Waals surface area contributed by atoms with E-state index in [0.29, 0.717) is 16.9 Å². The molecule has 1 fully saturated rings. The molecule has 0 bridgehead atoms. The number of hydrogen-bond donors (Lipinski definition) is 1. The molecule has 2 rings (SSSR count). The number of aryl methyl sites for hydroxylation is 1. The summed E-state index contributed by atoms with van der Waals surface area (Å²) in [5.41, 5.74) is 3.28. The summed E-state index contributed by atoms with van der Waals surface area (Å²) in [6.45, 7) is 14.9. The summed E-state index contributed by atoms with van der Waals surface area (Å²) in [6.07, 6.45) is 3.01. The average Bonchev–Trinajstić information content (AvgIpc) is 2.72. The van der Waals surface area contributed by atoms with Crippen molar-refractivity contribution in [1.82, 2.24) is 10.3 Å². The van der Waals surface area contributed by atoms with Crippen LogP contribution in [0.5, 0.6) is 0 Å². The number of aromatic nitrogens is 1. The number of rotatable bonds is 5. The Labute approximate surface area is 118 Å². The molecule has 19 heavy (non-hydrogen) atoms. The SMILES string of the molecule is CCNC(Cc1ccc(C)cn1)C1C(C)(C)C1(C)C. The fourth-order valence-corrected chi connectivity index (χ4v) is 3.67. The molecule has 0 saturated heterocycles. The van der Waals surface area contributed by atoms with Crippen molar-refractivity contribution in [1.29, 1.82) is 0 Å². The van der Waals surface area contributed by atoms with E-state index >= 15 is 0 Å². The monoisotopic (exact) mass is 260 g/mol. The van der Waals surface area contributed by atoms with Crippen LogP contribution in [0.2, 0.25) is 0 Å². The highest BCUT2D eigenvalue weighted by Crippen LogP contribution is 2.69. The van der Waals surface area contributed by atoms with E-state index in [4.69, 9.17) is 0 Å². The first-order valence-electron chi connectivity index (χ1n) is 7.45. The van der Waals surface area contributed by atoms with Gasteiger partial charge in [-0.1, -0.05) is 40.7 Å². The second kappa shape index (κ2) is 4.90. The highest BCUT2D eigenvalue weighted by atomic mass is 15.0. The van der Waals surface area contributed by atoms with Gasteiger partial charge in [0.05, 0.1) is 0 Å². The van der Waals surface area contributed by atoms with Gasteiger partial charge in [0.25, 0.3) is 0 Å². The number of nitrogens with one attached hydrogen (secondary N) is 1. The summed E-state index contributed by atoms with van der Waals surface area (Å²) in [5, 5.41) is 3.68. The number of hydrogen-bond acceptors (Lipinski definition) is 2. The first kappa shape index (κ1) is 14.5. The van der Waals surface area contributed by atoms with Crippen molar-refractivity contribution in [2.75, 3.05) is 6.54 Å². The summed E-state index contributed by atoms with van der Waals surface area (Å²) in [4.78, 5) is 4.57. The summed E-state index contributed by atoms with van der Waals surface area (Å²) in [6, 6.07) is 4.86. The maximum Gasteiger partial charge on any atom is 0.0419 e. The normalized spacial score (nSPS) is 22.2. The molecule has 1 aromatic rings. The molecule has 0 aliphatic heterocycles. The molecular weight excluding hydrogens is 232 g/mol. The lowest BCUT2D eigenvalue weighted by atomic mass is 9.99. The van der Waals surface area contributed by atoms with Crippen molar-refractivity contribution in [3.05, 3.63) is 29.6 Å².